The molecule has 4 heterocycles. The summed E-state index contributed by atoms with van der Waals surface area (Å²) in [5.41, 5.74) is 12.3. The molecule has 0 bridgehead atoms. The van der Waals surface area contributed by atoms with Crippen molar-refractivity contribution in [2.24, 2.45) is 22.4 Å². The van der Waals surface area contributed by atoms with Crippen LogP contribution in [0.5, 0.6) is 5.75 Å². The molecule has 17 N–H and O–H groups in total. The van der Waals surface area contributed by atoms with Crippen molar-refractivity contribution in [1.29, 1.82) is 0 Å². The van der Waals surface area contributed by atoms with Crippen LogP contribution >= 0.6 is 0 Å². The molecule has 2 aromatic heterocycles. The first-order valence-corrected chi connectivity index (χ1v) is 29.4. The number of phenolic OH excluding ortho intramolecular Hbond substituents is 1. The highest BCUT2D eigenvalue weighted by molar-refractivity contribution is 5.99. The molecule has 0 aliphatic carbocycles. The Morgan fingerprint density at radius 2 is 1.35 bits per heavy atom. The average Bonchev–Trinajstić information content (AvgIpc) is 3.13. The maximum atomic E-state index is 14.8. The highest BCUT2D eigenvalue weighted by Crippen LogP contribution is 2.22. The molecule has 2 fully saturated rings. The van der Waals surface area contributed by atoms with Crippen LogP contribution in [0.4, 0.5) is 0 Å². The molecule has 2 aliphatic heterocycles. The molecule has 9 atom stereocenters. The number of aromatic hydroxyl groups is 1. The standard InChI is InChI=1S/C59H84N16O13/c1-32(2)23-41(50(80)68-40(13-9-21-64-58(60)61)57(87)75-22-10-14-47(75)56(86)62-6)69-55(85)46(30-88-59(3,4)5)74-51(81)42(24-33-15-17-36(77)18-16-33)70-54(84)45(29-76)73-52(82)43(25-34-27-65-38-12-8-7-11-37(34)38)71-53(83)44(26-35-28-63-31-66-35)72-49(79)39-19-20-48(78)67-39/h7-8,11-12,15-18,27-28,31-32,39-47,65,76-77H,9-10,13-14,19-26,29-30H2,1-6H3,(H,62,86)(H,63,66)(H,67,78)(H,68,80)(H,69,85)(H,70,84)(H,71,83)(H,72,79)(H,73,82)(H,74,81)(H4,60,61,64)/t39?,40-,41?,42-,43-,44?,45?,46?,47-/m0/s1. The molecule has 0 radical (unpaired) electrons. The largest absolute Gasteiger partial charge is 0.508 e. The van der Waals surface area contributed by atoms with Gasteiger partial charge in [-0.25, -0.2) is 4.98 Å². The lowest BCUT2D eigenvalue weighted by Gasteiger charge is -2.31. The van der Waals surface area contributed by atoms with Crippen LogP contribution in [-0.4, -0.2) is 188 Å². The number of ether oxygens (including phenoxy) is 1. The molecule has 2 aromatic carbocycles. The van der Waals surface area contributed by atoms with Gasteiger partial charge in [0.2, 0.25) is 59.1 Å². The van der Waals surface area contributed by atoms with Gasteiger partial charge >= 0.3 is 0 Å². The number of fused-ring (bicyclic) bond motifs is 1. The smallest absolute Gasteiger partial charge is 0.245 e. The van der Waals surface area contributed by atoms with E-state index >= 15 is 0 Å². The van der Waals surface area contributed by atoms with Crippen LogP contribution < -0.4 is 59.3 Å². The number of phenols is 1. The predicted octanol–water partition coefficient (Wildman–Crippen LogP) is -2.06. The fourth-order valence-corrected chi connectivity index (χ4v) is 10.2. The zero-order valence-corrected chi connectivity index (χ0v) is 50.4. The van der Waals surface area contributed by atoms with Gasteiger partial charge in [-0.05, 0) is 94.5 Å². The number of hydrogen-bond acceptors (Lipinski definition) is 15. The number of carbonyl (C=O) groups is 10. The van der Waals surface area contributed by atoms with E-state index in [1.54, 1.807) is 51.2 Å². The van der Waals surface area contributed by atoms with Crippen LogP contribution in [0.3, 0.4) is 0 Å². The number of para-hydroxylation sites is 1. The number of likely N-dealkylation sites (tertiary alicyclic amines) is 1. The molecule has 4 aromatic rings. The Balaban J connectivity index is 1.24. The second-order valence-corrected chi connectivity index (χ2v) is 23.3. The number of nitrogens with zero attached hydrogens (tertiary/aromatic N) is 3. The minimum absolute atomic E-state index is 0.0572. The summed E-state index contributed by atoms with van der Waals surface area (Å²) in [4.78, 5) is 155. The van der Waals surface area contributed by atoms with Crippen LogP contribution in [0.1, 0.15) is 96.4 Å². The summed E-state index contributed by atoms with van der Waals surface area (Å²) in [7, 11) is 1.46. The number of imidazole rings is 1. The number of nitrogens with one attached hydrogen (secondary N) is 11. The molecule has 2 saturated heterocycles. The summed E-state index contributed by atoms with van der Waals surface area (Å²) in [6.07, 6.45) is 5.55. The number of carbonyl (C=O) groups excluding carboxylic acids is 10. The van der Waals surface area contributed by atoms with E-state index < -0.39 is 120 Å². The summed E-state index contributed by atoms with van der Waals surface area (Å²) in [5, 5.41) is 45.5. The van der Waals surface area contributed by atoms with Crippen LogP contribution in [0.15, 0.2) is 72.2 Å². The number of likely N-dealkylation sites (N-methyl/N-ethyl adjacent to an activating group) is 1. The number of rotatable bonds is 31. The Morgan fingerprint density at radius 1 is 0.750 bits per heavy atom. The van der Waals surface area contributed by atoms with Crippen molar-refractivity contribution in [3.63, 3.8) is 0 Å². The van der Waals surface area contributed by atoms with E-state index in [0.717, 1.165) is 0 Å². The summed E-state index contributed by atoms with van der Waals surface area (Å²) in [5.74, 6) is -7.77. The molecule has 88 heavy (non-hydrogen) atoms. The molecule has 29 nitrogen and oxygen atoms in total. The fourth-order valence-electron chi connectivity index (χ4n) is 10.2. The van der Waals surface area contributed by atoms with Gasteiger partial charge in [-0.15, -0.1) is 0 Å². The number of aromatic nitrogens is 3. The van der Waals surface area contributed by atoms with Crippen molar-refractivity contribution >= 4 is 75.9 Å². The van der Waals surface area contributed by atoms with Crippen LogP contribution in [0, 0.1) is 5.92 Å². The van der Waals surface area contributed by atoms with E-state index in [1.165, 1.54) is 48.7 Å². The average molecular weight is 1230 g/mol. The highest BCUT2D eigenvalue weighted by Gasteiger charge is 2.40. The monoisotopic (exact) mass is 1220 g/mol. The highest BCUT2D eigenvalue weighted by atomic mass is 16.5. The molecule has 29 heteroatoms. The molecule has 0 spiro atoms. The number of aromatic amines is 2. The third-order valence-electron chi connectivity index (χ3n) is 14.8. The van der Waals surface area contributed by atoms with E-state index in [0.29, 0.717) is 40.6 Å². The van der Waals surface area contributed by atoms with Crippen molar-refractivity contribution < 1.29 is 62.9 Å². The molecule has 0 saturated carbocycles. The van der Waals surface area contributed by atoms with Crippen LogP contribution in [-0.2, 0) is 71.9 Å². The first-order chi connectivity index (χ1) is 41.8. The van der Waals surface area contributed by atoms with Crippen molar-refractivity contribution in [1.82, 2.24) is 67.7 Å². The number of hydrogen-bond donors (Lipinski definition) is 15. The van der Waals surface area contributed by atoms with Gasteiger partial charge in [-0.1, -0.05) is 44.2 Å². The number of H-pyrrole nitrogens is 2. The number of aliphatic hydroxyl groups is 1. The predicted molar refractivity (Wildman–Crippen MR) is 322 cm³/mol. The van der Waals surface area contributed by atoms with Gasteiger partial charge in [0.25, 0.3) is 0 Å². The maximum absolute atomic E-state index is 14.8. The number of aliphatic imine (C=N–C) groups is 1. The molecule has 6 rings (SSSR count). The van der Waals surface area contributed by atoms with Crippen molar-refractivity contribution in [2.45, 2.75) is 159 Å². The summed E-state index contributed by atoms with van der Waals surface area (Å²) in [6, 6.07) is 1.01. The van der Waals surface area contributed by atoms with Crippen molar-refractivity contribution in [2.75, 3.05) is 33.4 Å². The molecular weight excluding hydrogens is 1140 g/mol. The van der Waals surface area contributed by atoms with Gasteiger partial charge in [0.1, 0.15) is 60.1 Å². The van der Waals surface area contributed by atoms with Gasteiger partial charge in [-0.3, -0.25) is 52.9 Å². The molecule has 2 aliphatic rings. The minimum atomic E-state index is -1.78. The second-order valence-electron chi connectivity index (χ2n) is 23.3. The third-order valence-corrected chi connectivity index (χ3v) is 14.8. The van der Waals surface area contributed by atoms with E-state index in [2.05, 4.69) is 67.8 Å². The lowest BCUT2D eigenvalue weighted by Crippen LogP contribution is -2.62. The van der Waals surface area contributed by atoms with Crippen LogP contribution in [0.25, 0.3) is 10.9 Å². The molecule has 478 valence electrons. The van der Waals surface area contributed by atoms with Gasteiger partial charge in [0.05, 0.1) is 25.1 Å². The number of aliphatic hydroxyl groups excluding tert-OH is 1. The SMILES string of the molecule is CNC(=O)[C@@H]1CCCN1C(=O)[C@H](CCCN=C(N)N)NC(=O)C(CC(C)C)NC(=O)C(COC(C)(C)C)NC(=O)[C@H](Cc1ccc(O)cc1)NC(=O)C(CO)NC(=O)[C@H](Cc1c[nH]c2ccccc12)NC(=O)C(Cc1cnc[nH]1)NC(=O)C1CCC(=O)N1. The molecule has 5 unspecified atom stereocenters. The Kier molecular flexibility index (Phi) is 24.8. The first kappa shape index (κ1) is 68.0. The summed E-state index contributed by atoms with van der Waals surface area (Å²) < 4.78 is 6.03. The summed E-state index contributed by atoms with van der Waals surface area (Å²) >= 11 is 0. The zero-order chi connectivity index (χ0) is 64.2. The Bertz CT molecular complexity index is 3100. The van der Waals surface area contributed by atoms with Crippen molar-refractivity contribution in [3.8, 4) is 5.75 Å². The summed E-state index contributed by atoms with van der Waals surface area (Å²) in [6.45, 7) is 7.66. The van der Waals surface area contributed by atoms with E-state index in [4.69, 9.17) is 16.2 Å². The number of nitrogens with two attached hydrogens (primary N) is 2. The van der Waals surface area contributed by atoms with Gasteiger partial charge in [0, 0.05) is 74.8 Å². The number of benzene rings is 2. The lowest BCUT2D eigenvalue weighted by molar-refractivity contribution is -0.142. The van der Waals surface area contributed by atoms with Crippen molar-refractivity contribution in [3.05, 3.63) is 84.1 Å². The van der Waals surface area contributed by atoms with Crippen LogP contribution in [0.2, 0.25) is 0 Å². The number of amides is 10. The Labute approximate surface area is 509 Å². The van der Waals surface area contributed by atoms with Gasteiger partial charge < -0.3 is 89.1 Å². The minimum Gasteiger partial charge on any atom is -0.508 e. The zero-order valence-electron chi connectivity index (χ0n) is 50.4. The second kappa shape index (κ2) is 32.0. The van der Waals surface area contributed by atoms with Gasteiger partial charge in [-0.2, -0.15) is 0 Å². The fraction of sp³-hybridized carbons (Fsp3) is 0.525. The first-order valence-electron chi connectivity index (χ1n) is 29.4. The Hall–Kier alpha value is -9.12. The topological polar surface area (TPSA) is 441 Å². The van der Waals surface area contributed by atoms with Gasteiger partial charge in [0.15, 0.2) is 5.96 Å². The Morgan fingerprint density at radius 3 is 1.97 bits per heavy atom. The number of guanidine groups is 1. The van der Waals surface area contributed by atoms with E-state index in [9.17, 15) is 58.2 Å². The molecule has 10 amide bonds. The van der Waals surface area contributed by atoms with E-state index in [1.807, 2.05) is 13.8 Å². The normalized spacial score (nSPS) is 17.2. The third kappa shape index (κ3) is 20.2. The quantitative estimate of drug-likeness (QED) is 0.0146. The lowest BCUT2D eigenvalue weighted by atomic mass is 10.0. The van der Waals surface area contributed by atoms with E-state index in [-0.39, 0.29) is 93.9 Å². The molecular formula is C59H84N16O13. The maximum Gasteiger partial charge on any atom is 0.245 e.